The van der Waals surface area contributed by atoms with Gasteiger partial charge in [-0.25, -0.2) is 9.37 Å². The summed E-state index contributed by atoms with van der Waals surface area (Å²) in [5, 5.41) is 8.05. The number of benzene rings is 2. The Bertz CT molecular complexity index is 2690. The number of hydrogen-bond acceptors (Lipinski definition) is 13. The quantitative estimate of drug-likeness (QED) is 0.158. The molecule has 5 amide bonds. The van der Waals surface area contributed by atoms with E-state index in [4.69, 9.17) is 21.1 Å². The smallest absolute Gasteiger partial charge is 0.293 e. The molecule has 0 spiro atoms. The van der Waals surface area contributed by atoms with Crippen LogP contribution in [0.3, 0.4) is 0 Å². The molecule has 3 saturated heterocycles. The molecule has 348 valence electrons. The van der Waals surface area contributed by atoms with Gasteiger partial charge in [-0.1, -0.05) is 17.7 Å². The van der Waals surface area contributed by atoms with Crippen molar-refractivity contribution >= 4 is 69.5 Å². The summed E-state index contributed by atoms with van der Waals surface area (Å²) >= 11 is 6.53. The van der Waals surface area contributed by atoms with Gasteiger partial charge in [0.25, 0.3) is 23.3 Å². The maximum absolute atomic E-state index is 16.2. The van der Waals surface area contributed by atoms with Crippen LogP contribution in [0.1, 0.15) is 109 Å². The number of nitrogens with one attached hydrogen (secondary N) is 3. The number of ether oxygens (including phenoxy) is 2. The first-order chi connectivity index (χ1) is 31.7. The molecule has 66 heavy (non-hydrogen) atoms. The number of aromatic nitrogens is 3. The van der Waals surface area contributed by atoms with Gasteiger partial charge in [0, 0.05) is 44.0 Å². The van der Waals surface area contributed by atoms with Crippen molar-refractivity contribution in [2.24, 2.45) is 0 Å². The number of likely N-dealkylation sites (tertiary alicyclic amines) is 1. The monoisotopic (exact) mass is 925 g/mol. The van der Waals surface area contributed by atoms with Crippen molar-refractivity contribution in [3.05, 3.63) is 80.0 Å². The lowest BCUT2D eigenvalue weighted by Gasteiger charge is -2.47. The molecular weight excluding hydrogens is 873 g/mol. The highest BCUT2D eigenvalue weighted by Crippen LogP contribution is 2.40. The fourth-order valence-corrected chi connectivity index (χ4v) is 10.3. The third-order valence-electron chi connectivity index (χ3n) is 13.8. The molecule has 4 aromatic rings. The highest BCUT2D eigenvalue weighted by atomic mass is 35.5. The average molecular weight is 926 g/mol. The fourth-order valence-electron chi connectivity index (χ4n) is 10.2. The second kappa shape index (κ2) is 18.4. The van der Waals surface area contributed by atoms with Crippen LogP contribution < -0.4 is 31.1 Å². The first-order valence-corrected chi connectivity index (χ1v) is 23.1. The van der Waals surface area contributed by atoms with Gasteiger partial charge in [0.2, 0.25) is 17.8 Å². The third-order valence-corrected chi connectivity index (χ3v) is 14.1. The highest BCUT2D eigenvalue weighted by Gasteiger charge is 2.46. The number of hydrogen-bond donors (Lipinski definition) is 3. The molecule has 4 fully saturated rings. The van der Waals surface area contributed by atoms with Crippen molar-refractivity contribution in [1.29, 1.82) is 0 Å². The van der Waals surface area contributed by atoms with Crippen LogP contribution in [0.2, 0.25) is 5.02 Å². The zero-order chi connectivity index (χ0) is 46.6. The Morgan fingerprint density at radius 2 is 1.71 bits per heavy atom. The number of pyridine rings is 1. The molecule has 1 unspecified atom stereocenters. The molecule has 1 saturated carbocycles. The number of imide groups is 2. The Balaban J connectivity index is 0.762. The minimum Gasteiger partial charge on any atom is -0.478 e. The number of fused-ring (bicyclic) bond motifs is 2. The van der Waals surface area contributed by atoms with E-state index in [0.29, 0.717) is 41.7 Å². The van der Waals surface area contributed by atoms with Crippen LogP contribution in [0.15, 0.2) is 41.3 Å². The molecule has 2 aromatic carbocycles. The zero-order valence-corrected chi connectivity index (χ0v) is 38.1. The summed E-state index contributed by atoms with van der Waals surface area (Å²) in [6.45, 7) is 8.30. The molecular formula is C47H53ClFN9O8. The Morgan fingerprint density at radius 1 is 0.970 bits per heavy atom. The second-order valence-corrected chi connectivity index (χ2v) is 18.5. The van der Waals surface area contributed by atoms with E-state index in [1.807, 2.05) is 13.0 Å². The fraction of sp³-hybridized carbons (Fsp3) is 0.489. The predicted octanol–water partition coefficient (Wildman–Crippen LogP) is 5.14. The molecule has 0 radical (unpaired) electrons. The molecule has 2 aromatic heterocycles. The maximum atomic E-state index is 16.2. The van der Waals surface area contributed by atoms with E-state index >= 15 is 4.39 Å². The molecule has 1 atom stereocenters. The van der Waals surface area contributed by atoms with E-state index in [2.05, 4.69) is 35.7 Å². The van der Waals surface area contributed by atoms with Gasteiger partial charge in [-0.05, 0) is 120 Å². The number of anilines is 3. The summed E-state index contributed by atoms with van der Waals surface area (Å²) in [5.74, 6) is -2.25. The largest absolute Gasteiger partial charge is 0.478 e. The standard InChI is InChI=1S/C47H53ClFN9O8/c1-24(2)57-35-8-7-34(41(49)32(35)21-37(45(57)63)65-23-39(60)50-4)52-42-33(48)22-51-47(54-42)56-17-13-28(14-18-56)66-29-19-27(20-29)55-15-11-26(12-16-55)30-5-6-31-40(25(30)3)46(64)58(44(31)62)36-9-10-38(59)53-43(36)61/h5-8,21-22,24,26-29,36H,9-20,23H2,1-4H3,(H,50,60)(H,51,52,54)(H,53,59,61). The summed E-state index contributed by atoms with van der Waals surface area (Å²) < 4.78 is 29.7. The highest BCUT2D eigenvalue weighted by molar-refractivity contribution is 6.33. The van der Waals surface area contributed by atoms with Crippen LogP contribution in [0.25, 0.3) is 10.9 Å². The van der Waals surface area contributed by atoms with Gasteiger partial charge in [0.05, 0.1) is 40.7 Å². The van der Waals surface area contributed by atoms with Crippen molar-refractivity contribution in [2.75, 3.05) is 50.1 Å². The van der Waals surface area contributed by atoms with Crippen molar-refractivity contribution < 1.29 is 37.8 Å². The van der Waals surface area contributed by atoms with Gasteiger partial charge in [-0.3, -0.25) is 39.0 Å². The molecule has 3 N–H and O–H groups in total. The van der Waals surface area contributed by atoms with Crippen molar-refractivity contribution in [2.45, 2.75) is 108 Å². The van der Waals surface area contributed by atoms with Gasteiger partial charge < -0.3 is 34.5 Å². The summed E-state index contributed by atoms with van der Waals surface area (Å²) in [6, 6.07) is 7.32. The molecule has 17 nitrogen and oxygen atoms in total. The van der Waals surface area contributed by atoms with Crippen LogP contribution >= 0.6 is 11.6 Å². The summed E-state index contributed by atoms with van der Waals surface area (Å²) in [7, 11) is 1.46. The molecule has 1 aliphatic carbocycles. The second-order valence-electron chi connectivity index (χ2n) is 18.1. The van der Waals surface area contributed by atoms with Crippen molar-refractivity contribution in [3.63, 3.8) is 0 Å². The Kier molecular flexibility index (Phi) is 12.6. The van der Waals surface area contributed by atoms with Gasteiger partial charge in [0.1, 0.15) is 11.1 Å². The number of halogens is 2. The van der Waals surface area contributed by atoms with E-state index in [9.17, 15) is 28.8 Å². The van der Waals surface area contributed by atoms with Gasteiger partial charge in [-0.15, -0.1) is 0 Å². The molecule has 5 aliphatic rings. The van der Waals surface area contributed by atoms with Crippen LogP contribution in [-0.4, -0.2) is 118 Å². The molecule has 9 rings (SSSR count). The minimum absolute atomic E-state index is 0.0825. The number of piperidine rings is 3. The van der Waals surface area contributed by atoms with E-state index in [1.165, 1.54) is 29.9 Å². The normalized spacial score (nSPS) is 21.9. The number of carbonyl (C=O) groups excluding carboxylic acids is 5. The first kappa shape index (κ1) is 45.2. The number of likely N-dealkylation sites (N-methyl/N-ethyl adjacent to an activating group) is 1. The maximum Gasteiger partial charge on any atom is 0.293 e. The van der Waals surface area contributed by atoms with Gasteiger partial charge >= 0.3 is 0 Å². The van der Waals surface area contributed by atoms with Gasteiger partial charge in [-0.2, -0.15) is 4.98 Å². The number of rotatable bonds is 12. The van der Waals surface area contributed by atoms with E-state index in [1.54, 1.807) is 26.0 Å². The van der Waals surface area contributed by atoms with Crippen LogP contribution in [0, 0.1) is 12.7 Å². The predicted molar refractivity (Wildman–Crippen MR) is 243 cm³/mol. The topological polar surface area (TPSA) is 197 Å². The van der Waals surface area contributed by atoms with Crippen molar-refractivity contribution in [3.8, 4) is 5.75 Å². The lowest BCUT2D eigenvalue weighted by Crippen LogP contribution is -2.54. The van der Waals surface area contributed by atoms with E-state index in [-0.39, 0.29) is 64.7 Å². The Hall–Kier alpha value is -5.98. The van der Waals surface area contributed by atoms with Gasteiger partial charge in [0.15, 0.2) is 24.0 Å². The van der Waals surface area contributed by atoms with Crippen LogP contribution in [-0.2, 0) is 19.1 Å². The summed E-state index contributed by atoms with van der Waals surface area (Å²) in [6.07, 6.45) is 7.37. The minimum atomic E-state index is -0.985. The van der Waals surface area contributed by atoms with Crippen LogP contribution in [0.5, 0.6) is 5.75 Å². The lowest BCUT2D eigenvalue weighted by atomic mass is 9.81. The summed E-state index contributed by atoms with van der Waals surface area (Å²) in [4.78, 5) is 91.0. The SMILES string of the molecule is CNC(=O)COc1cc2c(F)c(Nc3nc(N4CCC(OC5CC(N6CCC(c7ccc8c(c7C)C(=O)N(C7CCC(=O)NC7=O)C8=O)CC6)C5)CC4)ncc3Cl)ccc2n(C(C)C)c1=O. The van der Waals surface area contributed by atoms with E-state index < -0.39 is 53.6 Å². The van der Waals surface area contributed by atoms with Crippen molar-refractivity contribution in [1.82, 2.24) is 35.0 Å². The van der Waals surface area contributed by atoms with Crippen LogP contribution in [0.4, 0.5) is 21.8 Å². The Labute approximate surface area is 385 Å². The molecule has 0 bridgehead atoms. The number of amides is 5. The first-order valence-electron chi connectivity index (χ1n) is 22.7. The molecule has 19 heteroatoms. The zero-order valence-electron chi connectivity index (χ0n) is 37.3. The molecule has 4 aliphatic heterocycles. The number of nitrogens with zero attached hydrogens (tertiary/aromatic N) is 6. The summed E-state index contributed by atoms with van der Waals surface area (Å²) in [5.41, 5.74) is 2.53. The lowest BCUT2D eigenvalue weighted by molar-refractivity contribution is -0.136. The third kappa shape index (κ3) is 8.49. The Morgan fingerprint density at radius 3 is 2.41 bits per heavy atom. The number of carbonyl (C=O) groups is 5. The van der Waals surface area contributed by atoms with E-state index in [0.717, 1.165) is 67.6 Å². The average Bonchev–Trinajstić information content (AvgIpc) is 3.54. The molecule has 6 heterocycles.